The highest BCUT2D eigenvalue weighted by atomic mass is 32.2. The maximum atomic E-state index is 12.1. The third kappa shape index (κ3) is 4.31. The van der Waals surface area contributed by atoms with E-state index in [4.69, 9.17) is 5.11 Å². The molecule has 6 heteroatoms. The molecule has 0 aliphatic carbocycles. The molecule has 1 N–H and O–H groups in total. The topological polar surface area (TPSA) is 72.2 Å². The Morgan fingerprint density at radius 1 is 1.30 bits per heavy atom. The monoisotopic (exact) mass is 292 g/mol. The van der Waals surface area contributed by atoms with Crippen LogP contribution in [0.1, 0.15) is 12.0 Å². The van der Waals surface area contributed by atoms with Crippen molar-refractivity contribution in [3.05, 3.63) is 48.5 Å². The van der Waals surface area contributed by atoms with Crippen LogP contribution in [0.3, 0.4) is 0 Å². The molecule has 2 aromatic rings. The number of aryl methyl sites for hydroxylation is 1. The Hall–Kier alpha value is -1.95. The van der Waals surface area contributed by atoms with Gasteiger partial charge in [0.2, 0.25) is 0 Å². The van der Waals surface area contributed by atoms with Crippen molar-refractivity contribution in [2.45, 2.75) is 24.3 Å². The van der Waals surface area contributed by atoms with E-state index in [2.05, 4.69) is 4.98 Å². The second-order valence-electron chi connectivity index (χ2n) is 4.42. The Bertz CT molecular complexity index is 579. The molecule has 0 aliphatic rings. The Kier molecular flexibility index (Phi) is 5.06. The second-order valence-corrected chi connectivity index (χ2v) is 5.99. The summed E-state index contributed by atoms with van der Waals surface area (Å²) in [7, 11) is -1.05. The first kappa shape index (κ1) is 14.5. The molecule has 0 saturated carbocycles. The van der Waals surface area contributed by atoms with Crippen molar-refractivity contribution >= 4 is 16.8 Å². The van der Waals surface area contributed by atoms with Crippen molar-refractivity contribution < 1.29 is 14.1 Å². The van der Waals surface area contributed by atoms with Crippen LogP contribution in [0.25, 0.3) is 0 Å². The van der Waals surface area contributed by atoms with Gasteiger partial charge in [0.25, 0.3) is 0 Å². The van der Waals surface area contributed by atoms with E-state index in [0.717, 1.165) is 23.4 Å². The molecule has 1 unspecified atom stereocenters. The van der Waals surface area contributed by atoms with Crippen LogP contribution >= 0.6 is 0 Å². The zero-order valence-corrected chi connectivity index (χ0v) is 11.8. The lowest BCUT2D eigenvalue weighted by Gasteiger charge is -2.04. The number of imidazole rings is 1. The number of rotatable bonds is 7. The van der Waals surface area contributed by atoms with E-state index >= 15 is 0 Å². The fraction of sp³-hybridized carbons (Fsp3) is 0.286. The maximum Gasteiger partial charge on any atom is 0.307 e. The molecule has 0 bridgehead atoms. The van der Waals surface area contributed by atoms with Crippen LogP contribution in [0.15, 0.2) is 47.9 Å². The Labute approximate surface area is 119 Å². The summed E-state index contributed by atoms with van der Waals surface area (Å²) in [5.74, 6) is -0.282. The van der Waals surface area contributed by atoms with E-state index < -0.39 is 16.8 Å². The SMILES string of the molecule is O=C(O)Cc1ccc(S(=O)CCCn2ccnc2)cc1. The average molecular weight is 292 g/mol. The summed E-state index contributed by atoms with van der Waals surface area (Å²) in [5, 5.41) is 8.68. The lowest BCUT2D eigenvalue weighted by molar-refractivity contribution is -0.136. The first-order valence-electron chi connectivity index (χ1n) is 6.30. The smallest absolute Gasteiger partial charge is 0.307 e. The number of aromatic nitrogens is 2. The van der Waals surface area contributed by atoms with Gasteiger partial charge in [0.1, 0.15) is 0 Å². The highest BCUT2D eigenvalue weighted by Crippen LogP contribution is 2.11. The Morgan fingerprint density at radius 3 is 2.65 bits per heavy atom. The standard InChI is InChI=1S/C14H16N2O3S/c17-14(18)10-12-2-4-13(5-3-12)20(19)9-1-7-16-8-6-15-11-16/h2-6,8,11H,1,7,9-10H2,(H,17,18). The van der Waals surface area contributed by atoms with Gasteiger partial charge in [0, 0.05) is 29.6 Å². The predicted octanol–water partition coefficient (Wildman–Crippen LogP) is 1.71. The molecular formula is C14H16N2O3S. The largest absolute Gasteiger partial charge is 0.481 e. The van der Waals surface area contributed by atoms with E-state index in [1.54, 1.807) is 36.8 Å². The summed E-state index contributed by atoms with van der Waals surface area (Å²) >= 11 is 0. The van der Waals surface area contributed by atoms with Crippen LogP contribution in [-0.4, -0.2) is 30.6 Å². The third-order valence-electron chi connectivity index (χ3n) is 2.85. The fourth-order valence-electron chi connectivity index (χ4n) is 1.85. The van der Waals surface area contributed by atoms with Gasteiger partial charge in [-0.25, -0.2) is 4.98 Å². The number of carboxylic acid groups (broad SMARTS) is 1. The maximum absolute atomic E-state index is 12.1. The third-order valence-corrected chi connectivity index (χ3v) is 4.30. The molecule has 20 heavy (non-hydrogen) atoms. The first-order valence-corrected chi connectivity index (χ1v) is 7.62. The van der Waals surface area contributed by atoms with Crippen molar-refractivity contribution in [3.8, 4) is 0 Å². The quantitative estimate of drug-likeness (QED) is 0.843. The van der Waals surface area contributed by atoms with Crippen LogP contribution in [0.2, 0.25) is 0 Å². The van der Waals surface area contributed by atoms with Crippen molar-refractivity contribution in [1.82, 2.24) is 9.55 Å². The summed E-state index contributed by atoms with van der Waals surface area (Å²) in [5.41, 5.74) is 0.719. The van der Waals surface area contributed by atoms with Gasteiger partial charge in [-0.3, -0.25) is 9.00 Å². The molecule has 106 valence electrons. The molecular weight excluding hydrogens is 276 g/mol. The van der Waals surface area contributed by atoms with Gasteiger partial charge in [-0.1, -0.05) is 12.1 Å². The predicted molar refractivity (Wildman–Crippen MR) is 75.9 cm³/mol. The van der Waals surface area contributed by atoms with Crippen molar-refractivity contribution in [2.75, 3.05) is 5.75 Å². The number of carbonyl (C=O) groups is 1. The summed E-state index contributed by atoms with van der Waals surface area (Å²) in [4.78, 5) is 15.3. The zero-order chi connectivity index (χ0) is 14.4. The van der Waals surface area contributed by atoms with Crippen LogP contribution in [0, 0.1) is 0 Å². The van der Waals surface area contributed by atoms with Gasteiger partial charge in [-0.2, -0.15) is 0 Å². The highest BCUT2D eigenvalue weighted by Gasteiger charge is 2.05. The number of carboxylic acids is 1. The van der Waals surface area contributed by atoms with Gasteiger partial charge >= 0.3 is 5.97 Å². The van der Waals surface area contributed by atoms with Gasteiger partial charge in [0.05, 0.1) is 23.5 Å². The number of hydrogen-bond acceptors (Lipinski definition) is 3. The molecule has 0 spiro atoms. The summed E-state index contributed by atoms with van der Waals surface area (Å²) in [6.07, 6.45) is 6.14. The van der Waals surface area contributed by atoms with E-state index in [0.29, 0.717) is 5.75 Å². The van der Waals surface area contributed by atoms with Crippen LogP contribution in [-0.2, 0) is 28.6 Å². The number of nitrogens with zero attached hydrogens (tertiary/aromatic N) is 2. The summed E-state index contributed by atoms with van der Waals surface area (Å²) < 4.78 is 14.0. The Balaban J connectivity index is 1.84. The highest BCUT2D eigenvalue weighted by molar-refractivity contribution is 7.85. The molecule has 0 amide bonds. The molecule has 0 fully saturated rings. The average Bonchev–Trinajstić information content (AvgIpc) is 2.92. The molecule has 5 nitrogen and oxygen atoms in total. The van der Waals surface area contributed by atoms with Crippen molar-refractivity contribution in [1.29, 1.82) is 0 Å². The van der Waals surface area contributed by atoms with E-state index in [1.165, 1.54) is 0 Å². The van der Waals surface area contributed by atoms with Crippen molar-refractivity contribution in [3.63, 3.8) is 0 Å². The minimum atomic E-state index is -1.05. The minimum Gasteiger partial charge on any atom is -0.481 e. The molecule has 1 aromatic heterocycles. The normalized spacial score (nSPS) is 12.2. The van der Waals surface area contributed by atoms with Crippen LogP contribution in [0.5, 0.6) is 0 Å². The summed E-state index contributed by atoms with van der Waals surface area (Å²) in [6, 6.07) is 6.92. The van der Waals surface area contributed by atoms with Gasteiger partial charge < -0.3 is 9.67 Å². The zero-order valence-electron chi connectivity index (χ0n) is 10.9. The number of aliphatic carboxylic acids is 1. The van der Waals surface area contributed by atoms with E-state index in [1.807, 2.05) is 10.8 Å². The number of benzene rings is 1. The van der Waals surface area contributed by atoms with E-state index in [-0.39, 0.29) is 6.42 Å². The molecule has 2 rings (SSSR count). The second kappa shape index (κ2) is 7.00. The molecule has 0 saturated heterocycles. The van der Waals surface area contributed by atoms with Gasteiger partial charge in [-0.05, 0) is 24.1 Å². The summed E-state index contributed by atoms with van der Waals surface area (Å²) in [6.45, 7) is 0.794. The molecule has 1 aromatic carbocycles. The first-order chi connectivity index (χ1) is 9.65. The fourth-order valence-corrected chi connectivity index (χ4v) is 2.92. The van der Waals surface area contributed by atoms with Gasteiger partial charge in [0.15, 0.2) is 0 Å². The molecule has 0 aliphatic heterocycles. The van der Waals surface area contributed by atoms with Crippen molar-refractivity contribution in [2.24, 2.45) is 0 Å². The lowest BCUT2D eigenvalue weighted by atomic mass is 10.2. The van der Waals surface area contributed by atoms with E-state index in [9.17, 15) is 9.00 Å². The van der Waals surface area contributed by atoms with Crippen LogP contribution in [0.4, 0.5) is 0 Å². The van der Waals surface area contributed by atoms with Crippen LogP contribution < -0.4 is 0 Å². The molecule has 0 radical (unpaired) electrons. The van der Waals surface area contributed by atoms with Gasteiger partial charge in [-0.15, -0.1) is 0 Å². The molecule has 1 atom stereocenters. The minimum absolute atomic E-state index is 0.00640. The molecule has 1 heterocycles. The number of hydrogen-bond donors (Lipinski definition) is 1. The Morgan fingerprint density at radius 2 is 2.05 bits per heavy atom. The lowest BCUT2D eigenvalue weighted by Crippen LogP contribution is -2.04.